The molecule has 0 atom stereocenters. The Balaban J connectivity index is 2.58. The monoisotopic (exact) mass is 181 g/mol. The van der Waals surface area contributed by atoms with Crippen molar-refractivity contribution in [1.29, 1.82) is 0 Å². The molecule has 74 valence electrons. The standard InChI is InChI=1S/C11H19NO/c1-12(2)8-11(9-13)10-6-4-3-5-7-10/h8-10H,3-7H2,1-2H3/b11-8-. The lowest BCUT2D eigenvalue weighted by molar-refractivity contribution is -0.105. The summed E-state index contributed by atoms with van der Waals surface area (Å²) in [4.78, 5) is 12.8. The van der Waals surface area contributed by atoms with Crippen LogP contribution in [0, 0.1) is 5.92 Å². The minimum Gasteiger partial charge on any atom is -0.383 e. The number of carbonyl (C=O) groups is 1. The Bertz CT molecular complexity index is 190. The lowest BCUT2D eigenvalue weighted by atomic mass is 9.84. The average Bonchev–Trinajstić information content (AvgIpc) is 2.15. The second-order valence-electron chi connectivity index (χ2n) is 4.05. The summed E-state index contributed by atoms with van der Waals surface area (Å²) in [7, 11) is 3.93. The highest BCUT2D eigenvalue weighted by atomic mass is 16.1. The van der Waals surface area contributed by atoms with Crippen LogP contribution in [0.25, 0.3) is 0 Å². The highest BCUT2D eigenvalue weighted by molar-refractivity contribution is 5.73. The molecule has 0 aromatic rings. The molecule has 2 heteroatoms. The van der Waals surface area contributed by atoms with Crippen molar-refractivity contribution < 1.29 is 4.79 Å². The van der Waals surface area contributed by atoms with Gasteiger partial charge in [-0.2, -0.15) is 0 Å². The molecule has 13 heavy (non-hydrogen) atoms. The summed E-state index contributed by atoms with van der Waals surface area (Å²) in [5.74, 6) is 0.522. The molecule has 0 spiro atoms. The highest BCUT2D eigenvalue weighted by Crippen LogP contribution is 2.28. The van der Waals surface area contributed by atoms with Gasteiger partial charge in [-0.05, 0) is 18.8 Å². The first-order chi connectivity index (χ1) is 6.24. The van der Waals surface area contributed by atoms with Gasteiger partial charge < -0.3 is 4.90 Å². The molecular formula is C11H19NO. The van der Waals surface area contributed by atoms with E-state index in [9.17, 15) is 4.79 Å². The first kappa shape index (κ1) is 10.3. The van der Waals surface area contributed by atoms with Crippen molar-refractivity contribution in [2.45, 2.75) is 32.1 Å². The topological polar surface area (TPSA) is 20.3 Å². The summed E-state index contributed by atoms with van der Waals surface area (Å²) < 4.78 is 0. The number of allylic oxidation sites excluding steroid dienone is 1. The maximum Gasteiger partial charge on any atom is 0.147 e. The lowest BCUT2D eigenvalue weighted by Crippen LogP contribution is -2.13. The van der Waals surface area contributed by atoms with Crippen molar-refractivity contribution in [2.24, 2.45) is 5.92 Å². The van der Waals surface area contributed by atoms with Crippen LogP contribution in [0.5, 0.6) is 0 Å². The smallest absolute Gasteiger partial charge is 0.147 e. The molecule has 0 bridgehead atoms. The lowest BCUT2D eigenvalue weighted by Gasteiger charge is -2.22. The molecule has 0 aliphatic heterocycles. The number of hydrogen-bond acceptors (Lipinski definition) is 2. The van der Waals surface area contributed by atoms with Gasteiger partial charge in [0.1, 0.15) is 6.29 Å². The van der Waals surface area contributed by atoms with Crippen LogP contribution in [0.15, 0.2) is 11.8 Å². The Morgan fingerprint density at radius 1 is 1.23 bits per heavy atom. The van der Waals surface area contributed by atoms with E-state index >= 15 is 0 Å². The van der Waals surface area contributed by atoms with Crippen molar-refractivity contribution in [3.05, 3.63) is 11.8 Å². The minimum absolute atomic E-state index is 0.522. The molecule has 0 unspecified atom stereocenters. The summed E-state index contributed by atoms with van der Waals surface area (Å²) >= 11 is 0. The van der Waals surface area contributed by atoms with Gasteiger partial charge in [0, 0.05) is 25.9 Å². The maximum atomic E-state index is 10.8. The highest BCUT2D eigenvalue weighted by Gasteiger charge is 2.17. The molecule has 0 heterocycles. The molecular weight excluding hydrogens is 162 g/mol. The van der Waals surface area contributed by atoms with Crippen LogP contribution in [0.2, 0.25) is 0 Å². The maximum absolute atomic E-state index is 10.8. The third-order valence-electron chi connectivity index (χ3n) is 2.62. The van der Waals surface area contributed by atoms with Gasteiger partial charge in [-0.25, -0.2) is 0 Å². The van der Waals surface area contributed by atoms with E-state index in [2.05, 4.69) is 0 Å². The van der Waals surface area contributed by atoms with Crippen molar-refractivity contribution in [1.82, 2.24) is 4.90 Å². The number of rotatable bonds is 3. The summed E-state index contributed by atoms with van der Waals surface area (Å²) in [6.45, 7) is 0. The van der Waals surface area contributed by atoms with Crippen molar-refractivity contribution in [3.63, 3.8) is 0 Å². The second-order valence-corrected chi connectivity index (χ2v) is 4.05. The molecule has 0 N–H and O–H groups in total. The van der Waals surface area contributed by atoms with E-state index in [1.807, 2.05) is 25.2 Å². The van der Waals surface area contributed by atoms with Gasteiger partial charge in [-0.15, -0.1) is 0 Å². The Kier molecular flexibility index (Phi) is 4.00. The molecule has 1 fully saturated rings. The zero-order valence-electron chi connectivity index (χ0n) is 8.62. The Labute approximate surface area is 80.6 Å². The van der Waals surface area contributed by atoms with Crippen LogP contribution >= 0.6 is 0 Å². The van der Waals surface area contributed by atoms with Gasteiger partial charge in [0.25, 0.3) is 0 Å². The molecule has 0 radical (unpaired) electrons. The Hall–Kier alpha value is -0.790. The van der Waals surface area contributed by atoms with Crippen LogP contribution in [0.4, 0.5) is 0 Å². The summed E-state index contributed by atoms with van der Waals surface area (Å²) in [6, 6.07) is 0. The third-order valence-corrected chi connectivity index (χ3v) is 2.62. The van der Waals surface area contributed by atoms with E-state index in [1.54, 1.807) is 0 Å². The summed E-state index contributed by atoms with van der Waals surface area (Å²) in [5, 5.41) is 0. The predicted molar refractivity (Wildman–Crippen MR) is 54.4 cm³/mol. The van der Waals surface area contributed by atoms with Gasteiger partial charge in [0.15, 0.2) is 0 Å². The van der Waals surface area contributed by atoms with E-state index in [-0.39, 0.29) is 0 Å². The molecule has 1 aliphatic carbocycles. The molecule has 1 saturated carbocycles. The fourth-order valence-corrected chi connectivity index (χ4v) is 1.97. The van der Waals surface area contributed by atoms with Gasteiger partial charge in [-0.3, -0.25) is 4.79 Å². The quantitative estimate of drug-likeness (QED) is 0.491. The first-order valence-corrected chi connectivity index (χ1v) is 5.07. The Morgan fingerprint density at radius 3 is 2.31 bits per heavy atom. The normalized spacial score (nSPS) is 20.0. The van der Waals surface area contributed by atoms with Gasteiger partial charge >= 0.3 is 0 Å². The number of aldehydes is 1. The van der Waals surface area contributed by atoms with Crippen LogP contribution in [-0.4, -0.2) is 25.3 Å². The third kappa shape index (κ3) is 3.21. The Morgan fingerprint density at radius 2 is 1.85 bits per heavy atom. The van der Waals surface area contributed by atoms with Gasteiger partial charge in [0.2, 0.25) is 0 Å². The zero-order valence-corrected chi connectivity index (χ0v) is 8.62. The molecule has 1 rings (SSSR count). The van der Waals surface area contributed by atoms with E-state index in [0.717, 1.165) is 11.9 Å². The van der Waals surface area contributed by atoms with Crippen molar-refractivity contribution in [3.8, 4) is 0 Å². The largest absolute Gasteiger partial charge is 0.383 e. The molecule has 1 aliphatic rings. The van der Waals surface area contributed by atoms with Crippen molar-refractivity contribution in [2.75, 3.05) is 14.1 Å². The number of carbonyl (C=O) groups excluding carboxylic acids is 1. The summed E-state index contributed by atoms with van der Waals surface area (Å²) in [5.41, 5.74) is 0.977. The van der Waals surface area contributed by atoms with Gasteiger partial charge in [-0.1, -0.05) is 19.3 Å². The van der Waals surface area contributed by atoms with E-state index in [4.69, 9.17) is 0 Å². The first-order valence-electron chi connectivity index (χ1n) is 5.07. The van der Waals surface area contributed by atoms with Crippen LogP contribution in [0.3, 0.4) is 0 Å². The van der Waals surface area contributed by atoms with Crippen LogP contribution < -0.4 is 0 Å². The predicted octanol–water partition coefficient (Wildman–Crippen LogP) is 2.21. The number of nitrogens with zero attached hydrogens (tertiary/aromatic N) is 1. The fraction of sp³-hybridized carbons (Fsp3) is 0.727. The summed E-state index contributed by atoms with van der Waals surface area (Å²) in [6.07, 6.45) is 9.27. The van der Waals surface area contributed by atoms with Gasteiger partial charge in [0.05, 0.1) is 0 Å². The van der Waals surface area contributed by atoms with E-state index < -0.39 is 0 Å². The molecule has 0 saturated heterocycles. The van der Waals surface area contributed by atoms with Crippen LogP contribution in [-0.2, 0) is 4.79 Å². The number of hydrogen-bond donors (Lipinski definition) is 0. The molecule has 2 nitrogen and oxygen atoms in total. The molecule has 0 aromatic heterocycles. The van der Waals surface area contributed by atoms with Crippen LogP contribution in [0.1, 0.15) is 32.1 Å². The SMILES string of the molecule is CN(C)/C=C(/C=O)C1CCCCC1. The van der Waals surface area contributed by atoms with E-state index in [1.165, 1.54) is 32.1 Å². The fourth-order valence-electron chi connectivity index (χ4n) is 1.97. The zero-order chi connectivity index (χ0) is 9.68. The van der Waals surface area contributed by atoms with E-state index in [0.29, 0.717) is 5.92 Å². The average molecular weight is 181 g/mol. The van der Waals surface area contributed by atoms with Crippen molar-refractivity contribution >= 4 is 6.29 Å². The molecule has 0 amide bonds. The molecule has 0 aromatic carbocycles. The second kappa shape index (κ2) is 5.05. The minimum atomic E-state index is 0.522.